The average molecular weight is 552 g/mol. The average Bonchev–Trinajstić information content (AvgIpc) is 3.42. The van der Waals surface area contributed by atoms with Crippen LogP contribution in [0.2, 0.25) is 10.0 Å². The predicted molar refractivity (Wildman–Crippen MR) is 147 cm³/mol. The fourth-order valence-corrected chi connectivity index (χ4v) is 7.08. The second kappa shape index (κ2) is 9.99. The van der Waals surface area contributed by atoms with Crippen LogP contribution in [0, 0.1) is 5.82 Å². The van der Waals surface area contributed by atoms with E-state index in [1.54, 1.807) is 24.3 Å². The number of carbonyl (C=O) groups excluding carboxylic acids is 2. The number of benzene rings is 3. The number of halogens is 3. The number of amides is 2. The highest BCUT2D eigenvalue weighted by Crippen LogP contribution is 2.60. The van der Waals surface area contributed by atoms with Crippen molar-refractivity contribution in [3.8, 4) is 0 Å². The van der Waals surface area contributed by atoms with Gasteiger partial charge in [-0.1, -0.05) is 91.0 Å². The second-order valence-electron chi connectivity index (χ2n) is 10.5. The maximum absolute atomic E-state index is 15.8. The third-order valence-corrected chi connectivity index (χ3v) is 8.89. The molecule has 4 unspecified atom stereocenters. The Morgan fingerprint density at radius 1 is 0.974 bits per heavy atom. The molecule has 4 atom stereocenters. The molecular weight excluding hydrogens is 524 g/mol. The molecule has 0 bridgehead atoms. The standard InChI is InChI=1S/C30H28Cl2FN3O2/c31-18-14-15-21-23(16-18)35-29(38)30(21)24(20-12-7-13-22(32)25(20)33)26(28(37)34-19-10-5-2-6-11-19)36-27(30)17-8-3-1-4-9-17/h1,3-4,7-9,12-16,19,24,26-27,36H,2,5-6,10-11H2,(H,34,37)(H,35,38). The summed E-state index contributed by atoms with van der Waals surface area (Å²) in [7, 11) is 0. The number of nitrogens with one attached hydrogen (secondary N) is 3. The summed E-state index contributed by atoms with van der Waals surface area (Å²) in [6.45, 7) is 0. The molecule has 3 N–H and O–H groups in total. The Balaban J connectivity index is 1.57. The Morgan fingerprint density at radius 2 is 1.74 bits per heavy atom. The quantitative estimate of drug-likeness (QED) is 0.358. The van der Waals surface area contributed by atoms with Gasteiger partial charge in [0.25, 0.3) is 0 Å². The molecule has 6 rings (SSSR count). The minimum absolute atomic E-state index is 0.0537. The van der Waals surface area contributed by atoms with E-state index in [2.05, 4.69) is 16.0 Å². The number of anilines is 1. The predicted octanol–water partition coefficient (Wildman–Crippen LogP) is 6.27. The summed E-state index contributed by atoms with van der Waals surface area (Å²) in [5.41, 5.74) is 0.953. The van der Waals surface area contributed by atoms with Crippen LogP contribution in [0.4, 0.5) is 10.1 Å². The molecule has 3 aromatic carbocycles. The SMILES string of the molecule is O=C(NC1CCCCC1)C1NC(c2ccccc2)C2(C(=O)Nc3cc(Cl)ccc32)C1c1cccc(Cl)c1F. The summed E-state index contributed by atoms with van der Waals surface area (Å²) in [6, 6.07) is 18.1. The van der Waals surface area contributed by atoms with E-state index in [9.17, 15) is 9.59 Å². The molecule has 3 aromatic rings. The third-order valence-electron chi connectivity index (χ3n) is 8.36. The lowest BCUT2D eigenvalue weighted by Gasteiger charge is -2.36. The number of hydrogen-bond acceptors (Lipinski definition) is 3. The lowest BCUT2D eigenvalue weighted by atomic mass is 9.63. The lowest BCUT2D eigenvalue weighted by molar-refractivity contribution is -0.124. The fraction of sp³-hybridized carbons (Fsp3) is 0.333. The van der Waals surface area contributed by atoms with Gasteiger partial charge in [0.15, 0.2) is 0 Å². The van der Waals surface area contributed by atoms with Crippen molar-refractivity contribution in [1.82, 2.24) is 10.6 Å². The van der Waals surface area contributed by atoms with Crippen LogP contribution in [0.3, 0.4) is 0 Å². The zero-order chi connectivity index (χ0) is 26.4. The van der Waals surface area contributed by atoms with E-state index in [4.69, 9.17) is 23.2 Å². The third kappa shape index (κ3) is 4.01. The molecule has 0 aromatic heterocycles. The summed E-state index contributed by atoms with van der Waals surface area (Å²) in [5.74, 6) is -2.06. The maximum atomic E-state index is 15.8. The molecule has 1 saturated heterocycles. The highest BCUT2D eigenvalue weighted by atomic mass is 35.5. The van der Waals surface area contributed by atoms with Crippen LogP contribution in [0.1, 0.15) is 60.8 Å². The van der Waals surface area contributed by atoms with Crippen molar-refractivity contribution >= 4 is 40.7 Å². The lowest BCUT2D eigenvalue weighted by Crippen LogP contribution is -2.49. The van der Waals surface area contributed by atoms with E-state index >= 15 is 4.39 Å². The Labute approximate surface area is 231 Å². The fourth-order valence-electron chi connectivity index (χ4n) is 6.73. The summed E-state index contributed by atoms with van der Waals surface area (Å²) in [4.78, 5) is 28.2. The summed E-state index contributed by atoms with van der Waals surface area (Å²) in [6.07, 6.45) is 5.08. The maximum Gasteiger partial charge on any atom is 0.238 e. The molecule has 1 spiro atoms. The molecule has 38 heavy (non-hydrogen) atoms. The minimum Gasteiger partial charge on any atom is -0.352 e. The van der Waals surface area contributed by atoms with Gasteiger partial charge < -0.3 is 10.6 Å². The van der Waals surface area contributed by atoms with Gasteiger partial charge in [0.2, 0.25) is 11.8 Å². The molecule has 3 aliphatic rings. The van der Waals surface area contributed by atoms with Crippen molar-refractivity contribution in [2.75, 3.05) is 5.32 Å². The molecule has 196 valence electrons. The number of hydrogen-bond donors (Lipinski definition) is 3. The zero-order valence-corrected chi connectivity index (χ0v) is 22.2. The van der Waals surface area contributed by atoms with Gasteiger partial charge in [0.05, 0.1) is 17.1 Å². The van der Waals surface area contributed by atoms with Crippen LogP contribution in [0.5, 0.6) is 0 Å². The van der Waals surface area contributed by atoms with Gasteiger partial charge in [-0.15, -0.1) is 0 Å². The molecule has 2 aliphatic heterocycles. The van der Waals surface area contributed by atoms with E-state index in [1.165, 1.54) is 6.07 Å². The van der Waals surface area contributed by atoms with E-state index in [0.29, 0.717) is 16.3 Å². The van der Waals surface area contributed by atoms with Crippen molar-refractivity contribution < 1.29 is 14.0 Å². The summed E-state index contributed by atoms with van der Waals surface area (Å²) < 4.78 is 15.8. The van der Waals surface area contributed by atoms with Crippen LogP contribution < -0.4 is 16.0 Å². The van der Waals surface area contributed by atoms with Crippen molar-refractivity contribution in [3.63, 3.8) is 0 Å². The molecular formula is C30H28Cl2FN3O2. The van der Waals surface area contributed by atoms with E-state index < -0.39 is 29.2 Å². The monoisotopic (exact) mass is 551 g/mol. The van der Waals surface area contributed by atoms with Gasteiger partial charge in [0.1, 0.15) is 11.2 Å². The number of carbonyl (C=O) groups is 2. The van der Waals surface area contributed by atoms with Gasteiger partial charge in [-0.25, -0.2) is 4.39 Å². The van der Waals surface area contributed by atoms with E-state index in [1.807, 2.05) is 36.4 Å². The molecule has 2 amide bonds. The van der Waals surface area contributed by atoms with E-state index in [0.717, 1.165) is 37.7 Å². The van der Waals surface area contributed by atoms with Gasteiger partial charge in [-0.05, 0) is 47.7 Å². The van der Waals surface area contributed by atoms with Crippen LogP contribution in [-0.2, 0) is 15.0 Å². The molecule has 0 radical (unpaired) electrons. The van der Waals surface area contributed by atoms with Crippen molar-refractivity contribution in [2.24, 2.45) is 0 Å². The highest BCUT2D eigenvalue weighted by molar-refractivity contribution is 6.31. The summed E-state index contributed by atoms with van der Waals surface area (Å²) >= 11 is 12.6. The van der Waals surface area contributed by atoms with Crippen LogP contribution in [0.25, 0.3) is 0 Å². The van der Waals surface area contributed by atoms with Crippen molar-refractivity contribution in [3.05, 3.63) is 99.3 Å². The van der Waals surface area contributed by atoms with E-state index in [-0.39, 0.29) is 28.4 Å². The zero-order valence-electron chi connectivity index (χ0n) is 20.6. The van der Waals surface area contributed by atoms with Gasteiger partial charge in [-0.3, -0.25) is 14.9 Å². The van der Waals surface area contributed by atoms with Crippen LogP contribution in [0.15, 0.2) is 66.7 Å². The van der Waals surface area contributed by atoms with Gasteiger partial charge >= 0.3 is 0 Å². The second-order valence-corrected chi connectivity index (χ2v) is 11.3. The Hall–Kier alpha value is -2.93. The normalized spacial score (nSPS) is 26.8. The molecule has 2 fully saturated rings. The summed E-state index contributed by atoms with van der Waals surface area (Å²) in [5, 5.41) is 10.1. The Morgan fingerprint density at radius 3 is 2.50 bits per heavy atom. The highest BCUT2D eigenvalue weighted by Gasteiger charge is 2.66. The van der Waals surface area contributed by atoms with Crippen molar-refractivity contribution in [1.29, 1.82) is 0 Å². The molecule has 1 saturated carbocycles. The number of rotatable bonds is 4. The number of fused-ring (bicyclic) bond motifs is 2. The topological polar surface area (TPSA) is 70.2 Å². The smallest absolute Gasteiger partial charge is 0.238 e. The first-order valence-electron chi connectivity index (χ1n) is 13.1. The van der Waals surface area contributed by atoms with Crippen molar-refractivity contribution in [2.45, 2.75) is 61.6 Å². The first-order valence-corrected chi connectivity index (χ1v) is 13.8. The van der Waals surface area contributed by atoms with Crippen LogP contribution in [-0.4, -0.2) is 23.9 Å². The first-order chi connectivity index (χ1) is 18.4. The van der Waals surface area contributed by atoms with Crippen LogP contribution >= 0.6 is 23.2 Å². The first kappa shape index (κ1) is 25.4. The largest absolute Gasteiger partial charge is 0.352 e. The Bertz CT molecular complexity index is 1400. The van der Waals surface area contributed by atoms with Gasteiger partial charge in [-0.2, -0.15) is 0 Å². The Kier molecular flexibility index (Phi) is 6.67. The molecule has 1 aliphatic carbocycles. The van der Waals surface area contributed by atoms with Gasteiger partial charge in [0, 0.05) is 22.7 Å². The molecule has 2 heterocycles. The molecule has 8 heteroatoms. The molecule has 5 nitrogen and oxygen atoms in total. The minimum atomic E-state index is -1.33.